The van der Waals surface area contributed by atoms with E-state index >= 15 is 0 Å². The molecule has 2 aromatic heterocycles. The first kappa shape index (κ1) is 13.9. The number of rotatable bonds is 3. The molecule has 2 heterocycles. The predicted molar refractivity (Wildman–Crippen MR) is 91.6 cm³/mol. The van der Waals surface area contributed by atoms with E-state index in [1.165, 1.54) is 16.9 Å². The summed E-state index contributed by atoms with van der Waals surface area (Å²) in [4.78, 5) is 2.78. The van der Waals surface area contributed by atoms with Gasteiger partial charge in [-0.15, -0.1) is 22.7 Å². The highest BCUT2D eigenvalue weighted by Crippen LogP contribution is 2.46. The van der Waals surface area contributed by atoms with Crippen LogP contribution in [0.25, 0.3) is 20.9 Å². The molecule has 2 N–H and O–H groups in total. The van der Waals surface area contributed by atoms with Gasteiger partial charge in [0.2, 0.25) is 0 Å². The quantitative estimate of drug-likeness (QED) is 0.726. The lowest BCUT2D eigenvalue weighted by Crippen LogP contribution is -1.88. The summed E-state index contributed by atoms with van der Waals surface area (Å²) in [5.74, 6) is 0. The average molecular weight is 310 g/mol. The Labute approximate surface area is 132 Å². The zero-order valence-corrected chi connectivity index (χ0v) is 13.2. The lowest BCUT2D eigenvalue weighted by atomic mass is 10.0. The number of nitriles is 1. The van der Waals surface area contributed by atoms with Crippen LogP contribution in [0.2, 0.25) is 0 Å². The number of nitrogen functional groups attached to an aromatic ring is 1. The number of hydrogen-bond acceptors (Lipinski definition) is 4. The Hall–Kier alpha value is -2.09. The minimum Gasteiger partial charge on any atom is -0.396 e. The Balaban J connectivity index is 2.19. The van der Waals surface area contributed by atoms with Gasteiger partial charge in [0, 0.05) is 15.3 Å². The van der Waals surface area contributed by atoms with Crippen molar-refractivity contribution in [3.05, 3.63) is 52.2 Å². The number of anilines is 1. The molecule has 21 heavy (non-hydrogen) atoms. The molecule has 0 spiro atoms. The molecule has 0 unspecified atom stereocenters. The highest BCUT2D eigenvalue weighted by atomic mass is 32.1. The molecule has 1 aromatic carbocycles. The Kier molecular flexibility index (Phi) is 3.78. The van der Waals surface area contributed by atoms with Crippen LogP contribution < -0.4 is 5.73 Å². The molecule has 0 aliphatic heterocycles. The van der Waals surface area contributed by atoms with Crippen LogP contribution in [0.15, 0.2) is 41.8 Å². The van der Waals surface area contributed by atoms with Crippen LogP contribution in [0.5, 0.6) is 0 Å². The fourth-order valence-corrected chi connectivity index (χ4v) is 4.18. The second-order valence-corrected chi connectivity index (χ2v) is 6.66. The Morgan fingerprint density at radius 2 is 1.95 bits per heavy atom. The van der Waals surface area contributed by atoms with Crippen LogP contribution >= 0.6 is 22.7 Å². The van der Waals surface area contributed by atoms with Crippen LogP contribution in [0, 0.1) is 11.3 Å². The van der Waals surface area contributed by atoms with E-state index in [4.69, 9.17) is 5.73 Å². The van der Waals surface area contributed by atoms with E-state index in [0.29, 0.717) is 10.6 Å². The summed E-state index contributed by atoms with van der Waals surface area (Å²) in [5.41, 5.74) is 10.2. The fraction of sp³-hybridized carbons (Fsp3) is 0.118. The first-order chi connectivity index (χ1) is 10.2. The van der Waals surface area contributed by atoms with Gasteiger partial charge in [-0.05, 0) is 29.0 Å². The molecule has 0 amide bonds. The maximum Gasteiger partial charge on any atom is 0.129 e. The van der Waals surface area contributed by atoms with E-state index in [1.54, 1.807) is 11.3 Å². The summed E-state index contributed by atoms with van der Waals surface area (Å²) in [6, 6.07) is 14.8. The van der Waals surface area contributed by atoms with Gasteiger partial charge in [-0.25, -0.2) is 0 Å². The third-order valence-electron chi connectivity index (χ3n) is 3.44. The van der Waals surface area contributed by atoms with Gasteiger partial charge in [0.15, 0.2) is 0 Å². The average Bonchev–Trinajstić information content (AvgIpc) is 3.14. The SMILES string of the molecule is CCc1ccc(-c2sc(C#N)c(N)c2-c2cccs2)cc1. The van der Waals surface area contributed by atoms with Crippen LogP contribution in [0.3, 0.4) is 0 Å². The van der Waals surface area contributed by atoms with E-state index in [9.17, 15) is 5.26 Å². The lowest BCUT2D eigenvalue weighted by Gasteiger charge is -2.04. The zero-order valence-electron chi connectivity index (χ0n) is 11.6. The molecule has 104 valence electrons. The minimum absolute atomic E-state index is 0.591. The Morgan fingerprint density at radius 1 is 1.19 bits per heavy atom. The van der Waals surface area contributed by atoms with Gasteiger partial charge < -0.3 is 5.73 Å². The van der Waals surface area contributed by atoms with Crippen molar-refractivity contribution in [1.29, 1.82) is 5.26 Å². The van der Waals surface area contributed by atoms with Gasteiger partial charge in [-0.2, -0.15) is 5.26 Å². The van der Waals surface area contributed by atoms with Crippen LogP contribution in [0.1, 0.15) is 17.4 Å². The van der Waals surface area contributed by atoms with Crippen LogP contribution in [0.4, 0.5) is 5.69 Å². The maximum atomic E-state index is 9.27. The zero-order chi connectivity index (χ0) is 14.8. The molecule has 3 aromatic rings. The predicted octanol–water partition coefficient (Wildman–Crippen LogP) is 5.16. The summed E-state index contributed by atoms with van der Waals surface area (Å²) in [7, 11) is 0. The van der Waals surface area contributed by atoms with Gasteiger partial charge in [0.1, 0.15) is 10.9 Å². The van der Waals surface area contributed by atoms with Crippen LogP contribution in [-0.2, 0) is 6.42 Å². The van der Waals surface area contributed by atoms with Crippen molar-refractivity contribution in [2.45, 2.75) is 13.3 Å². The molecular formula is C17H14N2S2. The first-order valence-electron chi connectivity index (χ1n) is 6.70. The molecule has 2 nitrogen and oxygen atoms in total. The van der Waals surface area contributed by atoms with E-state index in [2.05, 4.69) is 37.3 Å². The lowest BCUT2D eigenvalue weighted by molar-refractivity contribution is 1.14. The van der Waals surface area contributed by atoms with Crippen molar-refractivity contribution in [2.75, 3.05) is 5.73 Å². The normalized spacial score (nSPS) is 10.5. The molecule has 0 aliphatic carbocycles. The second-order valence-electron chi connectivity index (χ2n) is 4.69. The fourth-order valence-electron chi connectivity index (χ4n) is 2.29. The molecule has 0 atom stereocenters. The van der Waals surface area contributed by atoms with Crippen molar-refractivity contribution in [3.63, 3.8) is 0 Å². The standard InChI is InChI=1S/C17H14N2S2/c1-2-11-5-7-12(8-6-11)17-15(13-4-3-9-20-13)16(19)14(10-18)21-17/h3-9H,2,19H2,1H3. The van der Waals surface area contributed by atoms with Crippen molar-refractivity contribution >= 4 is 28.4 Å². The number of benzene rings is 1. The molecule has 0 fully saturated rings. The number of nitrogens with two attached hydrogens (primary N) is 1. The maximum absolute atomic E-state index is 9.27. The van der Waals surface area contributed by atoms with E-state index in [0.717, 1.165) is 27.3 Å². The third kappa shape index (κ3) is 2.46. The van der Waals surface area contributed by atoms with E-state index < -0.39 is 0 Å². The smallest absolute Gasteiger partial charge is 0.129 e. The molecular weight excluding hydrogens is 296 g/mol. The van der Waals surface area contributed by atoms with Gasteiger partial charge in [-0.3, -0.25) is 0 Å². The highest BCUT2D eigenvalue weighted by Gasteiger charge is 2.19. The van der Waals surface area contributed by atoms with Crippen molar-refractivity contribution < 1.29 is 0 Å². The first-order valence-corrected chi connectivity index (χ1v) is 8.39. The minimum atomic E-state index is 0.591. The monoisotopic (exact) mass is 310 g/mol. The molecule has 0 radical (unpaired) electrons. The largest absolute Gasteiger partial charge is 0.396 e. The number of thiophene rings is 2. The Bertz CT molecular complexity index is 791. The molecule has 0 aliphatic rings. The second kappa shape index (κ2) is 5.72. The Morgan fingerprint density at radius 3 is 2.52 bits per heavy atom. The molecule has 3 rings (SSSR count). The van der Waals surface area contributed by atoms with E-state index in [1.807, 2.05) is 17.5 Å². The third-order valence-corrected chi connectivity index (χ3v) is 5.49. The molecule has 0 saturated heterocycles. The summed E-state index contributed by atoms with van der Waals surface area (Å²) in [6.45, 7) is 2.14. The van der Waals surface area contributed by atoms with Crippen molar-refractivity contribution in [3.8, 4) is 27.0 Å². The van der Waals surface area contributed by atoms with Gasteiger partial charge in [0.25, 0.3) is 0 Å². The molecule has 4 heteroatoms. The van der Waals surface area contributed by atoms with Crippen molar-refractivity contribution in [1.82, 2.24) is 0 Å². The summed E-state index contributed by atoms with van der Waals surface area (Å²) in [6.07, 6.45) is 1.02. The number of aryl methyl sites for hydroxylation is 1. The number of hydrogen-bond donors (Lipinski definition) is 1. The van der Waals surface area contributed by atoms with Gasteiger partial charge >= 0.3 is 0 Å². The summed E-state index contributed by atoms with van der Waals surface area (Å²) >= 11 is 3.12. The number of nitrogens with zero attached hydrogens (tertiary/aromatic N) is 1. The highest BCUT2D eigenvalue weighted by molar-refractivity contribution is 7.18. The van der Waals surface area contributed by atoms with Crippen LogP contribution in [-0.4, -0.2) is 0 Å². The molecule has 0 bridgehead atoms. The van der Waals surface area contributed by atoms with Gasteiger partial charge in [0.05, 0.1) is 5.69 Å². The summed E-state index contributed by atoms with van der Waals surface area (Å²) < 4.78 is 0. The topological polar surface area (TPSA) is 49.8 Å². The van der Waals surface area contributed by atoms with Crippen molar-refractivity contribution in [2.24, 2.45) is 0 Å². The molecule has 0 saturated carbocycles. The van der Waals surface area contributed by atoms with E-state index in [-0.39, 0.29) is 0 Å². The summed E-state index contributed by atoms with van der Waals surface area (Å²) in [5, 5.41) is 11.3. The van der Waals surface area contributed by atoms with Gasteiger partial charge in [-0.1, -0.05) is 37.3 Å².